The largest absolute Gasteiger partial charge is 0.294 e. The quantitative estimate of drug-likeness (QED) is 0.342. The molecule has 1 rings (SSSR count). The lowest BCUT2D eigenvalue weighted by molar-refractivity contribution is -0.384. The van der Waals surface area contributed by atoms with Crippen LogP contribution < -0.4 is 0 Å². The molecule has 0 heterocycles. The second-order valence-electron chi connectivity index (χ2n) is 2.79. The summed E-state index contributed by atoms with van der Waals surface area (Å²) in [4.78, 5) is 20.8. The van der Waals surface area contributed by atoms with Crippen molar-refractivity contribution in [2.75, 3.05) is 5.88 Å². The summed E-state index contributed by atoms with van der Waals surface area (Å²) in [6, 6.07) is 6.01. The minimum atomic E-state index is -0.485. The maximum absolute atomic E-state index is 10.9. The van der Waals surface area contributed by atoms with Gasteiger partial charge >= 0.3 is 0 Å². The van der Waals surface area contributed by atoms with E-state index in [0.29, 0.717) is 5.56 Å². The van der Waals surface area contributed by atoms with Crippen molar-refractivity contribution >= 4 is 29.1 Å². The van der Waals surface area contributed by atoms with Crippen molar-refractivity contribution in [1.29, 1.82) is 0 Å². The summed E-state index contributed by atoms with van der Waals surface area (Å²) in [7, 11) is 0. The zero-order chi connectivity index (χ0) is 11.3. The lowest BCUT2D eigenvalue weighted by Crippen LogP contribution is -1.92. The number of nitro groups is 1. The molecule has 1 aromatic carbocycles. The minimum Gasteiger partial charge on any atom is -0.294 e. The molecular weight excluding hydrogens is 218 g/mol. The fraction of sp³-hybridized carbons (Fsp3) is 0.100. The van der Waals surface area contributed by atoms with Crippen LogP contribution in [0.25, 0.3) is 6.08 Å². The Kier molecular flexibility index (Phi) is 4.00. The van der Waals surface area contributed by atoms with Crippen molar-refractivity contribution in [3.05, 3.63) is 46.0 Å². The van der Waals surface area contributed by atoms with Crippen LogP contribution in [0.4, 0.5) is 5.69 Å². The van der Waals surface area contributed by atoms with E-state index in [2.05, 4.69) is 0 Å². The predicted molar refractivity (Wildman–Crippen MR) is 57.9 cm³/mol. The third-order valence-corrected chi connectivity index (χ3v) is 1.94. The van der Waals surface area contributed by atoms with E-state index in [4.69, 9.17) is 11.6 Å². The van der Waals surface area contributed by atoms with E-state index in [-0.39, 0.29) is 17.4 Å². The Morgan fingerprint density at radius 3 is 2.87 bits per heavy atom. The number of hydrogen-bond donors (Lipinski definition) is 0. The summed E-state index contributed by atoms with van der Waals surface area (Å²) in [6.07, 6.45) is 2.80. The van der Waals surface area contributed by atoms with Crippen LogP contribution in [0, 0.1) is 10.1 Å². The molecule has 0 saturated heterocycles. The van der Waals surface area contributed by atoms with E-state index in [1.165, 1.54) is 24.3 Å². The Labute approximate surface area is 91.3 Å². The van der Waals surface area contributed by atoms with Crippen LogP contribution in [-0.4, -0.2) is 16.6 Å². The first-order chi connectivity index (χ1) is 7.13. The van der Waals surface area contributed by atoms with E-state index >= 15 is 0 Å². The fourth-order valence-electron chi connectivity index (χ4n) is 0.976. The van der Waals surface area contributed by atoms with Crippen LogP contribution >= 0.6 is 11.6 Å². The molecule has 5 heteroatoms. The second kappa shape index (κ2) is 5.26. The van der Waals surface area contributed by atoms with Gasteiger partial charge in [0.25, 0.3) is 5.69 Å². The lowest BCUT2D eigenvalue weighted by atomic mass is 10.2. The number of allylic oxidation sites excluding steroid dienone is 1. The van der Waals surface area contributed by atoms with Crippen molar-refractivity contribution < 1.29 is 9.72 Å². The number of alkyl halides is 1. The molecule has 78 valence electrons. The van der Waals surface area contributed by atoms with Crippen molar-refractivity contribution in [2.24, 2.45) is 0 Å². The van der Waals surface area contributed by atoms with Gasteiger partial charge in [-0.1, -0.05) is 18.2 Å². The smallest absolute Gasteiger partial charge is 0.270 e. The highest BCUT2D eigenvalue weighted by Gasteiger charge is 2.03. The first-order valence-electron chi connectivity index (χ1n) is 4.15. The molecule has 0 aliphatic heterocycles. The van der Waals surface area contributed by atoms with E-state index in [1.807, 2.05) is 0 Å². The summed E-state index contributed by atoms with van der Waals surface area (Å²) in [5.41, 5.74) is 0.595. The van der Waals surface area contributed by atoms with Gasteiger partial charge in [0.05, 0.1) is 10.8 Å². The van der Waals surface area contributed by atoms with E-state index in [0.717, 1.165) is 0 Å². The van der Waals surface area contributed by atoms with Gasteiger partial charge in [-0.25, -0.2) is 0 Å². The summed E-state index contributed by atoms with van der Waals surface area (Å²) in [5, 5.41) is 10.4. The third-order valence-electron chi connectivity index (χ3n) is 1.67. The van der Waals surface area contributed by atoms with Gasteiger partial charge in [0.2, 0.25) is 0 Å². The highest BCUT2D eigenvalue weighted by Crippen LogP contribution is 2.13. The summed E-state index contributed by atoms with van der Waals surface area (Å²) in [5.74, 6) is -0.325. The minimum absolute atomic E-state index is 0.00419. The first kappa shape index (κ1) is 11.4. The standard InChI is InChI=1S/C10H8ClNO3/c11-7-10(13)5-4-8-2-1-3-9(6-8)12(14)15/h1-6H,7H2/b5-4+. The van der Waals surface area contributed by atoms with Crippen LogP contribution in [0.3, 0.4) is 0 Å². The molecule has 0 aliphatic rings. The highest BCUT2D eigenvalue weighted by molar-refractivity contribution is 6.29. The van der Waals surface area contributed by atoms with Crippen molar-refractivity contribution in [3.63, 3.8) is 0 Å². The van der Waals surface area contributed by atoms with Crippen molar-refractivity contribution in [3.8, 4) is 0 Å². The van der Waals surface area contributed by atoms with Gasteiger partial charge in [-0.2, -0.15) is 0 Å². The number of halogens is 1. The first-order valence-corrected chi connectivity index (χ1v) is 4.68. The van der Waals surface area contributed by atoms with Gasteiger partial charge in [0, 0.05) is 12.1 Å². The molecule has 1 aromatic rings. The lowest BCUT2D eigenvalue weighted by Gasteiger charge is -1.93. The van der Waals surface area contributed by atoms with Crippen LogP contribution in [0.2, 0.25) is 0 Å². The molecule has 0 unspecified atom stereocenters. The molecule has 0 spiro atoms. The average molecular weight is 226 g/mol. The molecule has 0 atom stereocenters. The van der Waals surface area contributed by atoms with E-state index in [1.54, 1.807) is 12.1 Å². The Hall–Kier alpha value is -1.68. The number of nitro benzene ring substituents is 1. The molecule has 0 radical (unpaired) electrons. The summed E-state index contributed by atoms with van der Waals surface area (Å²) < 4.78 is 0. The number of rotatable bonds is 4. The van der Waals surface area contributed by atoms with Gasteiger partial charge < -0.3 is 0 Å². The Bertz CT molecular complexity index is 415. The van der Waals surface area contributed by atoms with Gasteiger partial charge in [-0.3, -0.25) is 14.9 Å². The summed E-state index contributed by atoms with van der Waals surface area (Å²) in [6.45, 7) is 0. The SMILES string of the molecule is O=C(/C=C/c1cccc([N+](=O)[O-])c1)CCl. The molecule has 0 fully saturated rings. The number of carbonyl (C=O) groups excluding carboxylic acids is 1. The molecule has 4 nitrogen and oxygen atoms in total. The highest BCUT2D eigenvalue weighted by atomic mass is 35.5. The average Bonchev–Trinajstić information content (AvgIpc) is 2.26. The molecule has 0 amide bonds. The molecule has 0 aliphatic carbocycles. The monoisotopic (exact) mass is 225 g/mol. The number of benzene rings is 1. The fourth-order valence-corrected chi connectivity index (χ4v) is 1.06. The molecule has 0 N–H and O–H groups in total. The van der Waals surface area contributed by atoms with Crippen molar-refractivity contribution in [1.82, 2.24) is 0 Å². The van der Waals surface area contributed by atoms with Gasteiger partial charge in [-0.15, -0.1) is 11.6 Å². The van der Waals surface area contributed by atoms with E-state index < -0.39 is 4.92 Å². The Balaban J connectivity index is 2.87. The van der Waals surface area contributed by atoms with Crippen LogP contribution in [-0.2, 0) is 4.79 Å². The third kappa shape index (κ3) is 3.52. The molecule has 0 bridgehead atoms. The van der Waals surface area contributed by atoms with Gasteiger partial charge in [0.15, 0.2) is 5.78 Å². The van der Waals surface area contributed by atoms with Crippen LogP contribution in [0.1, 0.15) is 5.56 Å². The molecule has 0 aromatic heterocycles. The normalized spacial score (nSPS) is 10.5. The van der Waals surface area contributed by atoms with Crippen LogP contribution in [0.15, 0.2) is 30.3 Å². The number of ketones is 1. The van der Waals surface area contributed by atoms with Crippen LogP contribution in [0.5, 0.6) is 0 Å². The molecule has 0 saturated carbocycles. The second-order valence-corrected chi connectivity index (χ2v) is 3.05. The van der Waals surface area contributed by atoms with Crippen molar-refractivity contribution in [2.45, 2.75) is 0 Å². The molecule has 15 heavy (non-hydrogen) atoms. The maximum atomic E-state index is 10.9. The predicted octanol–water partition coefficient (Wildman–Crippen LogP) is 2.42. The summed E-state index contributed by atoms with van der Waals surface area (Å²) >= 11 is 5.29. The topological polar surface area (TPSA) is 60.2 Å². The zero-order valence-electron chi connectivity index (χ0n) is 7.72. The maximum Gasteiger partial charge on any atom is 0.270 e. The Morgan fingerprint density at radius 1 is 1.53 bits per heavy atom. The zero-order valence-corrected chi connectivity index (χ0v) is 8.48. The van der Waals surface area contributed by atoms with Gasteiger partial charge in [0.1, 0.15) is 0 Å². The number of carbonyl (C=O) groups is 1. The van der Waals surface area contributed by atoms with E-state index in [9.17, 15) is 14.9 Å². The molecular formula is C10H8ClNO3. The Morgan fingerprint density at radius 2 is 2.27 bits per heavy atom. The number of nitrogens with zero attached hydrogens (tertiary/aromatic N) is 1. The van der Waals surface area contributed by atoms with Gasteiger partial charge in [-0.05, 0) is 11.6 Å². The number of hydrogen-bond acceptors (Lipinski definition) is 3. The number of non-ortho nitro benzene ring substituents is 1.